The van der Waals surface area contributed by atoms with Gasteiger partial charge in [0.25, 0.3) is 0 Å². The minimum Gasteiger partial charge on any atom is -0.496 e. The Bertz CT molecular complexity index is 753. The lowest BCUT2D eigenvalue weighted by molar-refractivity contribution is 0.0494. The standard InChI is InChI=1S/C22H29FN2O2/c1-17-13-18(7-8-22(17)27-2)14-25-11-10-24(16-20(25)9-12-26)15-19-5-3-4-6-21(19)23/h3-8,13,20,26H,9-12,14-16H2,1-2H3/t20-/m1/s1. The van der Waals surface area contributed by atoms with Gasteiger partial charge < -0.3 is 9.84 Å². The SMILES string of the molecule is COc1ccc(CN2CCN(Cc3ccccc3F)C[C@H]2CCO)cc1C. The molecule has 0 aliphatic carbocycles. The lowest BCUT2D eigenvalue weighted by Crippen LogP contribution is -2.52. The number of methoxy groups -OCH3 is 1. The molecule has 2 aromatic carbocycles. The predicted octanol–water partition coefficient (Wildman–Crippen LogP) is 3.21. The van der Waals surface area contributed by atoms with E-state index in [1.54, 1.807) is 13.2 Å². The fraction of sp³-hybridized carbons (Fsp3) is 0.455. The zero-order valence-electron chi connectivity index (χ0n) is 16.2. The molecule has 0 aromatic heterocycles. The molecule has 1 aliphatic rings. The Morgan fingerprint density at radius 2 is 1.96 bits per heavy atom. The third-order valence-corrected chi connectivity index (χ3v) is 5.35. The van der Waals surface area contributed by atoms with Crippen molar-refractivity contribution in [1.82, 2.24) is 9.80 Å². The van der Waals surface area contributed by atoms with E-state index in [2.05, 4.69) is 28.9 Å². The Morgan fingerprint density at radius 3 is 2.67 bits per heavy atom. The first-order valence-electron chi connectivity index (χ1n) is 9.55. The van der Waals surface area contributed by atoms with Crippen LogP contribution in [-0.4, -0.2) is 54.3 Å². The number of aryl methyl sites for hydroxylation is 1. The van der Waals surface area contributed by atoms with Crippen molar-refractivity contribution in [2.45, 2.75) is 32.5 Å². The maximum Gasteiger partial charge on any atom is 0.127 e. The van der Waals surface area contributed by atoms with Gasteiger partial charge in [0.15, 0.2) is 0 Å². The van der Waals surface area contributed by atoms with E-state index in [4.69, 9.17) is 4.74 Å². The van der Waals surface area contributed by atoms with Crippen LogP contribution >= 0.6 is 0 Å². The number of piperazine rings is 1. The number of hydrogen-bond donors (Lipinski definition) is 1. The van der Waals surface area contributed by atoms with Crippen LogP contribution in [0.3, 0.4) is 0 Å². The lowest BCUT2D eigenvalue weighted by atomic mass is 10.0. The molecule has 0 spiro atoms. The molecule has 3 rings (SSSR count). The third-order valence-electron chi connectivity index (χ3n) is 5.35. The summed E-state index contributed by atoms with van der Waals surface area (Å²) < 4.78 is 19.3. The van der Waals surface area contributed by atoms with Crippen molar-refractivity contribution in [2.24, 2.45) is 0 Å². The van der Waals surface area contributed by atoms with Crippen LogP contribution in [0.5, 0.6) is 5.75 Å². The first-order valence-corrected chi connectivity index (χ1v) is 9.55. The second-order valence-corrected chi connectivity index (χ2v) is 7.27. The molecule has 4 nitrogen and oxygen atoms in total. The summed E-state index contributed by atoms with van der Waals surface area (Å²) in [4.78, 5) is 4.71. The van der Waals surface area contributed by atoms with Crippen LogP contribution in [0, 0.1) is 12.7 Å². The molecule has 1 heterocycles. The molecule has 5 heteroatoms. The monoisotopic (exact) mass is 372 g/mol. The molecule has 1 aliphatic heterocycles. The molecule has 1 N–H and O–H groups in total. The van der Waals surface area contributed by atoms with Gasteiger partial charge >= 0.3 is 0 Å². The smallest absolute Gasteiger partial charge is 0.127 e. The average molecular weight is 372 g/mol. The number of halogens is 1. The Balaban J connectivity index is 1.65. The third kappa shape index (κ3) is 5.06. The van der Waals surface area contributed by atoms with E-state index >= 15 is 0 Å². The Kier molecular flexibility index (Phi) is 6.83. The Hall–Kier alpha value is -1.95. The molecule has 1 saturated heterocycles. The van der Waals surface area contributed by atoms with Crippen LogP contribution in [0.1, 0.15) is 23.1 Å². The highest BCUT2D eigenvalue weighted by Gasteiger charge is 2.27. The van der Waals surface area contributed by atoms with Gasteiger partial charge in [-0.15, -0.1) is 0 Å². The van der Waals surface area contributed by atoms with E-state index in [1.807, 2.05) is 18.2 Å². The number of rotatable bonds is 7. The van der Waals surface area contributed by atoms with E-state index in [0.717, 1.165) is 49.5 Å². The number of aliphatic hydroxyl groups excluding tert-OH is 1. The molecule has 27 heavy (non-hydrogen) atoms. The first kappa shape index (κ1) is 19.8. The molecule has 0 amide bonds. The summed E-state index contributed by atoms with van der Waals surface area (Å²) >= 11 is 0. The molecule has 0 bridgehead atoms. The minimum atomic E-state index is -0.146. The molecule has 2 aromatic rings. The van der Waals surface area contributed by atoms with Crippen molar-refractivity contribution >= 4 is 0 Å². The summed E-state index contributed by atoms with van der Waals surface area (Å²) in [5.74, 6) is 0.757. The van der Waals surface area contributed by atoms with E-state index < -0.39 is 0 Å². The number of hydrogen-bond acceptors (Lipinski definition) is 4. The van der Waals surface area contributed by atoms with Gasteiger partial charge in [-0.25, -0.2) is 4.39 Å². The Labute approximate surface area is 161 Å². The molecule has 146 valence electrons. The van der Waals surface area contributed by atoms with Gasteiger partial charge in [-0.2, -0.15) is 0 Å². The zero-order chi connectivity index (χ0) is 19.2. The van der Waals surface area contributed by atoms with Gasteiger partial charge in [0.05, 0.1) is 7.11 Å². The number of nitrogens with zero attached hydrogens (tertiary/aromatic N) is 2. The topological polar surface area (TPSA) is 35.9 Å². The van der Waals surface area contributed by atoms with Crippen molar-refractivity contribution < 1.29 is 14.2 Å². The van der Waals surface area contributed by atoms with Crippen LogP contribution in [0.25, 0.3) is 0 Å². The largest absolute Gasteiger partial charge is 0.496 e. The van der Waals surface area contributed by atoms with Gasteiger partial charge in [-0.3, -0.25) is 9.80 Å². The lowest BCUT2D eigenvalue weighted by Gasteiger charge is -2.41. The van der Waals surface area contributed by atoms with Crippen LogP contribution in [0.4, 0.5) is 4.39 Å². The fourth-order valence-corrected chi connectivity index (χ4v) is 3.87. The van der Waals surface area contributed by atoms with Crippen molar-refractivity contribution in [3.63, 3.8) is 0 Å². The van der Waals surface area contributed by atoms with Crippen LogP contribution < -0.4 is 4.74 Å². The Morgan fingerprint density at radius 1 is 1.15 bits per heavy atom. The second kappa shape index (κ2) is 9.31. The first-order chi connectivity index (χ1) is 13.1. The normalized spacial score (nSPS) is 18.6. The molecular weight excluding hydrogens is 343 g/mol. The van der Waals surface area contributed by atoms with Crippen molar-refractivity contribution in [3.8, 4) is 5.75 Å². The highest BCUT2D eigenvalue weighted by molar-refractivity contribution is 5.36. The van der Waals surface area contributed by atoms with Crippen molar-refractivity contribution in [3.05, 3.63) is 65.0 Å². The summed E-state index contributed by atoms with van der Waals surface area (Å²) in [6.07, 6.45) is 0.725. The summed E-state index contributed by atoms with van der Waals surface area (Å²) in [6, 6.07) is 13.5. The summed E-state index contributed by atoms with van der Waals surface area (Å²) in [7, 11) is 1.69. The van der Waals surface area contributed by atoms with E-state index in [1.165, 1.54) is 11.6 Å². The predicted molar refractivity (Wildman–Crippen MR) is 105 cm³/mol. The van der Waals surface area contributed by atoms with Crippen LogP contribution in [0.15, 0.2) is 42.5 Å². The molecule has 0 saturated carbocycles. The van der Waals surface area contributed by atoms with Crippen molar-refractivity contribution in [2.75, 3.05) is 33.4 Å². The number of ether oxygens (including phenoxy) is 1. The summed E-state index contributed by atoms with van der Waals surface area (Å²) in [5, 5.41) is 9.51. The van der Waals surface area contributed by atoms with Gasteiger partial charge in [-0.1, -0.05) is 30.3 Å². The quantitative estimate of drug-likeness (QED) is 0.810. The molecular formula is C22H29FN2O2. The average Bonchev–Trinajstić information content (AvgIpc) is 2.66. The minimum absolute atomic E-state index is 0.146. The summed E-state index contributed by atoms with van der Waals surface area (Å²) in [6.45, 7) is 6.32. The van der Waals surface area contributed by atoms with Crippen LogP contribution in [-0.2, 0) is 13.1 Å². The summed E-state index contributed by atoms with van der Waals surface area (Å²) in [5.41, 5.74) is 3.12. The van der Waals surface area contributed by atoms with Gasteiger partial charge in [-0.05, 0) is 36.6 Å². The highest BCUT2D eigenvalue weighted by Crippen LogP contribution is 2.23. The maximum absolute atomic E-state index is 14.0. The number of aliphatic hydroxyl groups is 1. The highest BCUT2D eigenvalue weighted by atomic mass is 19.1. The number of benzene rings is 2. The van der Waals surface area contributed by atoms with Gasteiger partial charge in [0.1, 0.15) is 11.6 Å². The molecule has 0 radical (unpaired) electrons. The molecule has 0 unspecified atom stereocenters. The van der Waals surface area contributed by atoms with Gasteiger partial charge in [0.2, 0.25) is 0 Å². The van der Waals surface area contributed by atoms with Crippen LogP contribution in [0.2, 0.25) is 0 Å². The fourth-order valence-electron chi connectivity index (χ4n) is 3.87. The zero-order valence-corrected chi connectivity index (χ0v) is 16.2. The second-order valence-electron chi connectivity index (χ2n) is 7.27. The van der Waals surface area contributed by atoms with E-state index in [-0.39, 0.29) is 18.5 Å². The molecule has 1 atom stereocenters. The maximum atomic E-state index is 14.0. The van der Waals surface area contributed by atoms with E-state index in [9.17, 15) is 9.50 Å². The molecule has 1 fully saturated rings. The van der Waals surface area contributed by atoms with Crippen molar-refractivity contribution in [1.29, 1.82) is 0 Å². The van der Waals surface area contributed by atoms with E-state index in [0.29, 0.717) is 6.54 Å². The van der Waals surface area contributed by atoms with Gasteiger partial charge in [0, 0.05) is 50.9 Å².